The maximum atomic E-state index is 11.9. The minimum Gasteiger partial charge on any atom is -0.353 e. The highest BCUT2D eigenvalue weighted by Gasteiger charge is 2.14. The fraction of sp³-hybridized carbons (Fsp3) is 0.500. The molecule has 1 aromatic rings. The van der Waals surface area contributed by atoms with Gasteiger partial charge in [0.15, 0.2) is 0 Å². The van der Waals surface area contributed by atoms with Gasteiger partial charge >= 0.3 is 0 Å². The molecule has 1 aliphatic rings. The molecule has 4 heteroatoms. The standard InChI is InChI=1S/C16H21NO2S/c18-11-13-7-9-15(10-8-13)20-12-16(19)17-14-5-3-1-2-4-6-14/h7-11,14H,1-6,12H2,(H,17,19). The Balaban J connectivity index is 1.74. The van der Waals surface area contributed by atoms with E-state index in [2.05, 4.69) is 5.32 Å². The molecule has 1 aliphatic carbocycles. The average Bonchev–Trinajstić information content (AvgIpc) is 2.74. The molecule has 3 nitrogen and oxygen atoms in total. The number of nitrogens with one attached hydrogen (secondary N) is 1. The Labute approximate surface area is 124 Å². The number of hydrogen-bond acceptors (Lipinski definition) is 3. The van der Waals surface area contributed by atoms with Crippen molar-refractivity contribution in [2.45, 2.75) is 49.5 Å². The molecular formula is C16H21NO2S. The van der Waals surface area contributed by atoms with Crippen molar-refractivity contribution >= 4 is 24.0 Å². The molecule has 0 atom stereocenters. The molecule has 20 heavy (non-hydrogen) atoms. The van der Waals surface area contributed by atoms with E-state index in [9.17, 15) is 9.59 Å². The fourth-order valence-electron chi connectivity index (χ4n) is 2.48. The van der Waals surface area contributed by atoms with Crippen LogP contribution in [0.1, 0.15) is 48.9 Å². The second-order valence-corrected chi connectivity index (χ2v) is 6.28. The van der Waals surface area contributed by atoms with E-state index in [1.165, 1.54) is 37.4 Å². The highest BCUT2D eigenvalue weighted by Crippen LogP contribution is 2.19. The number of amides is 1. The molecule has 0 aliphatic heterocycles. The molecule has 1 amide bonds. The monoisotopic (exact) mass is 291 g/mol. The lowest BCUT2D eigenvalue weighted by molar-refractivity contribution is -0.119. The molecule has 0 heterocycles. The van der Waals surface area contributed by atoms with Gasteiger partial charge in [-0.3, -0.25) is 9.59 Å². The van der Waals surface area contributed by atoms with Crippen molar-refractivity contribution < 1.29 is 9.59 Å². The zero-order valence-corrected chi connectivity index (χ0v) is 12.5. The van der Waals surface area contributed by atoms with E-state index >= 15 is 0 Å². The van der Waals surface area contributed by atoms with Gasteiger partial charge in [0.1, 0.15) is 6.29 Å². The van der Waals surface area contributed by atoms with Crippen molar-refractivity contribution in [2.24, 2.45) is 0 Å². The van der Waals surface area contributed by atoms with Crippen LogP contribution in [-0.2, 0) is 4.79 Å². The zero-order chi connectivity index (χ0) is 14.2. The average molecular weight is 291 g/mol. The number of hydrogen-bond donors (Lipinski definition) is 1. The van der Waals surface area contributed by atoms with E-state index < -0.39 is 0 Å². The summed E-state index contributed by atoms with van der Waals surface area (Å²) in [6.07, 6.45) is 8.10. The third-order valence-electron chi connectivity index (χ3n) is 3.61. The van der Waals surface area contributed by atoms with Gasteiger partial charge in [-0.2, -0.15) is 0 Å². The third kappa shape index (κ3) is 5.00. The van der Waals surface area contributed by atoms with Crippen LogP contribution >= 0.6 is 11.8 Å². The van der Waals surface area contributed by atoms with E-state index in [4.69, 9.17) is 0 Å². The highest BCUT2D eigenvalue weighted by atomic mass is 32.2. The summed E-state index contributed by atoms with van der Waals surface area (Å²) in [5.41, 5.74) is 0.664. The molecule has 0 spiro atoms. The van der Waals surface area contributed by atoms with Crippen LogP contribution in [-0.4, -0.2) is 24.0 Å². The van der Waals surface area contributed by atoms with Crippen LogP contribution in [0.2, 0.25) is 0 Å². The molecule has 0 radical (unpaired) electrons. The van der Waals surface area contributed by atoms with Crippen LogP contribution in [0.3, 0.4) is 0 Å². The van der Waals surface area contributed by atoms with Crippen molar-refractivity contribution in [1.29, 1.82) is 0 Å². The SMILES string of the molecule is O=Cc1ccc(SCC(=O)NC2CCCCCC2)cc1. The minimum absolute atomic E-state index is 0.112. The normalized spacial score (nSPS) is 16.4. The van der Waals surface area contributed by atoms with Crippen molar-refractivity contribution in [3.05, 3.63) is 29.8 Å². The van der Waals surface area contributed by atoms with E-state index in [-0.39, 0.29) is 5.91 Å². The molecule has 108 valence electrons. The Morgan fingerprint density at radius 3 is 2.40 bits per heavy atom. The Morgan fingerprint density at radius 2 is 1.80 bits per heavy atom. The topological polar surface area (TPSA) is 46.2 Å². The quantitative estimate of drug-likeness (QED) is 0.513. The van der Waals surface area contributed by atoms with Crippen LogP contribution in [0.5, 0.6) is 0 Å². The molecule has 1 saturated carbocycles. The molecule has 0 bridgehead atoms. The lowest BCUT2D eigenvalue weighted by Crippen LogP contribution is -2.35. The summed E-state index contributed by atoms with van der Waals surface area (Å²) in [7, 11) is 0. The molecule has 0 saturated heterocycles. The first-order chi connectivity index (χ1) is 9.78. The Hall–Kier alpha value is -1.29. The van der Waals surface area contributed by atoms with Crippen LogP contribution in [0.25, 0.3) is 0 Å². The fourth-order valence-corrected chi connectivity index (χ4v) is 3.19. The van der Waals surface area contributed by atoms with Gasteiger partial charge in [-0.1, -0.05) is 37.8 Å². The number of rotatable bonds is 5. The molecule has 2 rings (SSSR count). The first-order valence-corrected chi connectivity index (χ1v) is 8.24. The van der Waals surface area contributed by atoms with Gasteiger partial charge in [-0.05, 0) is 25.0 Å². The highest BCUT2D eigenvalue weighted by molar-refractivity contribution is 8.00. The minimum atomic E-state index is 0.112. The largest absolute Gasteiger partial charge is 0.353 e. The molecule has 1 aromatic carbocycles. The van der Waals surface area contributed by atoms with E-state index in [0.29, 0.717) is 17.4 Å². The number of aldehydes is 1. The van der Waals surface area contributed by atoms with Crippen molar-refractivity contribution in [3.8, 4) is 0 Å². The van der Waals surface area contributed by atoms with Gasteiger partial charge in [0.2, 0.25) is 5.91 Å². The van der Waals surface area contributed by atoms with Gasteiger partial charge in [-0.15, -0.1) is 11.8 Å². The number of thioether (sulfide) groups is 1. The molecule has 0 unspecified atom stereocenters. The summed E-state index contributed by atoms with van der Waals surface area (Å²) in [4.78, 5) is 23.5. The van der Waals surface area contributed by atoms with Crippen LogP contribution in [0.4, 0.5) is 0 Å². The zero-order valence-electron chi connectivity index (χ0n) is 11.6. The Morgan fingerprint density at radius 1 is 1.15 bits per heavy atom. The molecule has 0 aromatic heterocycles. The third-order valence-corrected chi connectivity index (χ3v) is 4.62. The van der Waals surface area contributed by atoms with Gasteiger partial charge in [0.25, 0.3) is 0 Å². The maximum absolute atomic E-state index is 11.9. The van der Waals surface area contributed by atoms with Gasteiger partial charge in [-0.25, -0.2) is 0 Å². The number of benzene rings is 1. The second kappa shape index (κ2) is 8.10. The molecular weight excluding hydrogens is 270 g/mol. The molecule has 1 N–H and O–H groups in total. The summed E-state index contributed by atoms with van der Waals surface area (Å²) in [5, 5.41) is 3.14. The molecule has 1 fully saturated rings. The van der Waals surface area contributed by atoms with E-state index in [1.54, 1.807) is 12.1 Å². The number of carbonyl (C=O) groups is 2. The Bertz CT molecular complexity index is 436. The van der Waals surface area contributed by atoms with Crippen molar-refractivity contribution in [3.63, 3.8) is 0 Å². The first kappa shape index (κ1) is 15.1. The predicted octanol–water partition coefficient (Wildman–Crippen LogP) is 3.43. The summed E-state index contributed by atoms with van der Waals surface area (Å²) in [5.74, 6) is 0.554. The van der Waals surface area contributed by atoms with Gasteiger partial charge < -0.3 is 5.32 Å². The summed E-state index contributed by atoms with van der Waals surface area (Å²) < 4.78 is 0. The first-order valence-electron chi connectivity index (χ1n) is 7.25. The maximum Gasteiger partial charge on any atom is 0.230 e. The second-order valence-electron chi connectivity index (χ2n) is 5.23. The lowest BCUT2D eigenvalue weighted by Gasteiger charge is -2.15. The van der Waals surface area contributed by atoms with Crippen molar-refractivity contribution in [2.75, 3.05) is 5.75 Å². The van der Waals surface area contributed by atoms with Gasteiger partial charge in [0.05, 0.1) is 5.75 Å². The van der Waals surface area contributed by atoms with E-state index in [1.807, 2.05) is 12.1 Å². The summed E-state index contributed by atoms with van der Waals surface area (Å²) in [6, 6.07) is 7.68. The van der Waals surface area contributed by atoms with Crippen LogP contribution in [0.15, 0.2) is 29.2 Å². The summed E-state index contributed by atoms with van der Waals surface area (Å²) >= 11 is 1.51. The summed E-state index contributed by atoms with van der Waals surface area (Å²) in [6.45, 7) is 0. The van der Waals surface area contributed by atoms with E-state index in [0.717, 1.165) is 24.0 Å². The predicted molar refractivity (Wildman–Crippen MR) is 82.2 cm³/mol. The lowest BCUT2D eigenvalue weighted by atomic mass is 10.1. The number of carbonyl (C=O) groups excluding carboxylic acids is 2. The van der Waals surface area contributed by atoms with Crippen LogP contribution in [0, 0.1) is 0 Å². The van der Waals surface area contributed by atoms with Gasteiger partial charge in [0, 0.05) is 16.5 Å². The Kier molecular flexibility index (Phi) is 6.12. The van der Waals surface area contributed by atoms with Crippen molar-refractivity contribution in [1.82, 2.24) is 5.32 Å². The smallest absolute Gasteiger partial charge is 0.230 e. The van der Waals surface area contributed by atoms with Crippen LogP contribution < -0.4 is 5.32 Å².